The molecule has 0 radical (unpaired) electrons. The molecule has 0 fully saturated rings. The van der Waals surface area contributed by atoms with Gasteiger partial charge in [0.05, 0.1) is 12.3 Å². The van der Waals surface area contributed by atoms with Crippen LogP contribution in [0.4, 0.5) is 0 Å². The maximum atomic E-state index is 12.1. The zero-order chi connectivity index (χ0) is 24.2. The normalized spacial score (nSPS) is 11.4. The number of hydrazone groups is 1. The van der Waals surface area contributed by atoms with E-state index in [1.807, 2.05) is 67.6 Å². The van der Waals surface area contributed by atoms with Crippen molar-refractivity contribution in [2.75, 3.05) is 6.61 Å². The molecule has 34 heavy (non-hydrogen) atoms. The van der Waals surface area contributed by atoms with Gasteiger partial charge in [0.15, 0.2) is 6.61 Å². The molecule has 0 spiro atoms. The highest BCUT2D eigenvalue weighted by atomic mass is 16.5. The molecule has 8 nitrogen and oxygen atoms in total. The Balaban J connectivity index is 1.38. The summed E-state index contributed by atoms with van der Waals surface area (Å²) in [5, 5.41) is 9.20. The van der Waals surface area contributed by atoms with E-state index in [0.717, 1.165) is 11.1 Å². The van der Waals surface area contributed by atoms with E-state index >= 15 is 0 Å². The molecule has 0 bridgehead atoms. The number of nitrogens with one attached hydrogen (secondary N) is 3. The minimum Gasteiger partial charge on any atom is -0.484 e. The van der Waals surface area contributed by atoms with E-state index in [2.05, 4.69) is 21.2 Å². The predicted molar refractivity (Wildman–Crippen MR) is 129 cm³/mol. The first-order valence-corrected chi connectivity index (χ1v) is 10.7. The summed E-state index contributed by atoms with van der Waals surface area (Å²) < 4.78 is 5.52. The average molecular weight is 459 g/mol. The van der Waals surface area contributed by atoms with Gasteiger partial charge < -0.3 is 15.4 Å². The third-order valence-corrected chi connectivity index (χ3v) is 4.81. The van der Waals surface area contributed by atoms with Crippen molar-refractivity contribution in [3.63, 3.8) is 0 Å². The van der Waals surface area contributed by atoms with E-state index in [-0.39, 0.29) is 25.1 Å². The summed E-state index contributed by atoms with van der Waals surface area (Å²) in [5.74, 6) is -1.34. The Hall–Kier alpha value is -4.46. The average Bonchev–Trinajstić information content (AvgIpc) is 2.87. The summed E-state index contributed by atoms with van der Waals surface area (Å²) in [7, 11) is 0. The summed E-state index contributed by atoms with van der Waals surface area (Å²) in [6, 6.07) is 25.6. The molecule has 3 aromatic rings. The second-order valence-corrected chi connectivity index (χ2v) is 7.42. The lowest BCUT2D eigenvalue weighted by Gasteiger charge is -2.14. The first-order valence-electron chi connectivity index (χ1n) is 10.7. The van der Waals surface area contributed by atoms with E-state index < -0.39 is 11.8 Å². The number of nitrogens with zero attached hydrogens (tertiary/aromatic N) is 1. The Morgan fingerprint density at radius 1 is 0.882 bits per heavy atom. The van der Waals surface area contributed by atoms with Crippen molar-refractivity contribution in [1.82, 2.24) is 16.1 Å². The third-order valence-electron chi connectivity index (χ3n) is 4.81. The van der Waals surface area contributed by atoms with Crippen LogP contribution in [0.15, 0.2) is 90.0 Å². The Morgan fingerprint density at radius 2 is 1.53 bits per heavy atom. The van der Waals surface area contributed by atoms with Crippen LogP contribution in [-0.4, -0.2) is 30.5 Å². The largest absolute Gasteiger partial charge is 0.484 e. The number of ether oxygens (including phenoxy) is 1. The summed E-state index contributed by atoms with van der Waals surface area (Å²) >= 11 is 0. The van der Waals surface area contributed by atoms with Gasteiger partial charge in [0.25, 0.3) is 5.91 Å². The molecule has 174 valence electrons. The van der Waals surface area contributed by atoms with Crippen LogP contribution < -0.4 is 20.8 Å². The van der Waals surface area contributed by atoms with Crippen LogP contribution >= 0.6 is 0 Å². The Labute approximate surface area is 198 Å². The van der Waals surface area contributed by atoms with Crippen molar-refractivity contribution in [2.45, 2.75) is 19.5 Å². The van der Waals surface area contributed by atoms with Crippen molar-refractivity contribution < 1.29 is 19.1 Å². The van der Waals surface area contributed by atoms with Gasteiger partial charge in [-0.25, -0.2) is 5.43 Å². The second-order valence-electron chi connectivity index (χ2n) is 7.42. The van der Waals surface area contributed by atoms with Gasteiger partial charge in [-0.2, -0.15) is 5.10 Å². The highest BCUT2D eigenvalue weighted by Gasteiger charge is 2.12. The molecule has 3 aromatic carbocycles. The number of rotatable bonds is 9. The number of benzene rings is 3. The van der Waals surface area contributed by atoms with Crippen LogP contribution in [0.5, 0.6) is 5.75 Å². The lowest BCUT2D eigenvalue weighted by molar-refractivity contribution is -0.139. The van der Waals surface area contributed by atoms with Gasteiger partial charge in [-0.15, -0.1) is 0 Å². The van der Waals surface area contributed by atoms with E-state index in [4.69, 9.17) is 4.74 Å². The monoisotopic (exact) mass is 458 g/mol. The molecule has 0 unspecified atom stereocenters. The molecule has 0 aliphatic heterocycles. The van der Waals surface area contributed by atoms with Gasteiger partial charge in [-0.05, 0) is 47.9 Å². The molecule has 8 heteroatoms. The van der Waals surface area contributed by atoms with E-state index in [1.54, 1.807) is 24.3 Å². The summed E-state index contributed by atoms with van der Waals surface area (Å²) in [6.45, 7) is 2.05. The number of amides is 3. The molecule has 0 aliphatic carbocycles. The summed E-state index contributed by atoms with van der Waals surface area (Å²) in [5.41, 5.74) is 4.77. The fraction of sp³-hybridized carbons (Fsp3) is 0.154. The predicted octanol–water partition coefficient (Wildman–Crippen LogP) is 2.71. The quantitative estimate of drug-likeness (QED) is 0.260. The Bertz CT molecular complexity index is 1120. The molecule has 1 atom stereocenters. The van der Waals surface area contributed by atoms with Gasteiger partial charge in [0, 0.05) is 6.54 Å². The van der Waals surface area contributed by atoms with Gasteiger partial charge >= 0.3 is 11.8 Å². The van der Waals surface area contributed by atoms with Crippen LogP contribution in [0.3, 0.4) is 0 Å². The van der Waals surface area contributed by atoms with E-state index in [9.17, 15) is 14.4 Å². The number of carbonyl (C=O) groups excluding carboxylic acids is 3. The number of hydrogen-bond acceptors (Lipinski definition) is 5. The Kier molecular flexibility index (Phi) is 8.92. The summed E-state index contributed by atoms with van der Waals surface area (Å²) in [6.07, 6.45) is 1.40. The molecule has 0 aliphatic rings. The fourth-order valence-electron chi connectivity index (χ4n) is 2.98. The molecule has 3 rings (SSSR count). The minimum atomic E-state index is -0.858. The SMILES string of the molecule is C[C@H](NC(=O)COc1ccc(/C=N\NC(=O)C(=O)NCc2ccccc2)cc1)c1ccccc1. The van der Waals surface area contributed by atoms with Crippen LogP contribution in [0, 0.1) is 0 Å². The number of hydrogen-bond donors (Lipinski definition) is 3. The van der Waals surface area contributed by atoms with Crippen LogP contribution in [0.1, 0.15) is 29.7 Å². The zero-order valence-corrected chi connectivity index (χ0v) is 18.7. The molecule has 0 aromatic heterocycles. The zero-order valence-electron chi connectivity index (χ0n) is 18.7. The molecular weight excluding hydrogens is 432 g/mol. The lowest BCUT2D eigenvalue weighted by atomic mass is 10.1. The van der Waals surface area contributed by atoms with Crippen LogP contribution in [-0.2, 0) is 20.9 Å². The maximum Gasteiger partial charge on any atom is 0.329 e. The summed E-state index contributed by atoms with van der Waals surface area (Å²) in [4.78, 5) is 35.8. The van der Waals surface area contributed by atoms with Crippen molar-refractivity contribution in [2.24, 2.45) is 5.10 Å². The lowest BCUT2D eigenvalue weighted by Crippen LogP contribution is -2.37. The smallest absolute Gasteiger partial charge is 0.329 e. The molecule has 0 saturated carbocycles. The topological polar surface area (TPSA) is 109 Å². The van der Waals surface area contributed by atoms with Crippen LogP contribution in [0.2, 0.25) is 0 Å². The molecule has 3 N–H and O–H groups in total. The van der Waals surface area contributed by atoms with Crippen molar-refractivity contribution in [1.29, 1.82) is 0 Å². The minimum absolute atomic E-state index is 0.112. The first kappa shape index (κ1) is 24.2. The molecule has 3 amide bonds. The second kappa shape index (κ2) is 12.5. The highest BCUT2D eigenvalue weighted by molar-refractivity contribution is 6.35. The van der Waals surface area contributed by atoms with E-state index in [0.29, 0.717) is 11.3 Å². The van der Waals surface area contributed by atoms with Crippen molar-refractivity contribution in [3.8, 4) is 5.75 Å². The number of carbonyl (C=O) groups is 3. The first-order chi connectivity index (χ1) is 16.5. The Morgan fingerprint density at radius 3 is 2.21 bits per heavy atom. The third kappa shape index (κ3) is 7.90. The molecule has 0 saturated heterocycles. The van der Waals surface area contributed by atoms with Gasteiger partial charge in [-0.3, -0.25) is 14.4 Å². The maximum absolute atomic E-state index is 12.1. The van der Waals surface area contributed by atoms with Gasteiger partial charge in [0.1, 0.15) is 5.75 Å². The van der Waals surface area contributed by atoms with Crippen LogP contribution in [0.25, 0.3) is 0 Å². The van der Waals surface area contributed by atoms with Gasteiger partial charge in [-0.1, -0.05) is 60.7 Å². The van der Waals surface area contributed by atoms with Gasteiger partial charge in [0.2, 0.25) is 0 Å². The molecule has 0 heterocycles. The standard InChI is InChI=1S/C26H26N4O4/c1-19(22-10-6-3-7-11-22)29-24(31)18-34-23-14-12-21(13-15-23)17-28-30-26(33)25(32)27-16-20-8-4-2-5-9-20/h2-15,17,19H,16,18H2,1H3,(H,27,32)(H,29,31)(H,30,33)/b28-17-/t19-/m0/s1. The van der Waals surface area contributed by atoms with Crippen molar-refractivity contribution >= 4 is 23.9 Å². The van der Waals surface area contributed by atoms with E-state index in [1.165, 1.54) is 6.21 Å². The highest BCUT2D eigenvalue weighted by Crippen LogP contribution is 2.13. The molecular formula is C26H26N4O4. The van der Waals surface area contributed by atoms with Crippen molar-refractivity contribution in [3.05, 3.63) is 102 Å². The fourth-order valence-corrected chi connectivity index (χ4v) is 2.98.